The second kappa shape index (κ2) is 7.72. The molecule has 2 atom stereocenters. The number of H-pyrrole nitrogens is 1. The number of carbonyl (C=O) groups is 1. The lowest BCUT2D eigenvalue weighted by Gasteiger charge is -2.45. The van der Waals surface area contributed by atoms with Crippen molar-refractivity contribution in [3.63, 3.8) is 0 Å². The van der Waals surface area contributed by atoms with E-state index < -0.39 is 11.8 Å². The first-order chi connectivity index (χ1) is 16.1. The number of nitrogens with one attached hydrogen (secondary N) is 1. The van der Waals surface area contributed by atoms with Gasteiger partial charge in [0, 0.05) is 40.9 Å². The molecule has 0 spiro atoms. The monoisotopic (exact) mass is 443 g/mol. The minimum Gasteiger partial charge on any atom is -0.481 e. The molecule has 3 aliphatic rings. The number of pyridine rings is 1. The fourth-order valence-electron chi connectivity index (χ4n) is 5.69. The molecule has 0 saturated heterocycles. The van der Waals surface area contributed by atoms with Gasteiger partial charge in [0.05, 0.1) is 23.3 Å². The Bertz CT molecular complexity index is 1410. The van der Waals surface area contributed by atoms with Crippen LogP contribution in [0.1, 0.15) is 25.7 Å². The zero-order chi connectivity index (χ0) is 22.5. The van der Waals surface area contributed by atoms with Crippen LogP contribution in [0.25, 0.3) is 33.3 Å². The Morgan fingerprint density at radius 3 is 2.76 bits per heavy atom. The molecular formula is C25H22FN5O2. The zero-order valence-electron chi connectivity index (χ0n) is 17.8. The molecule has 3 aromatic heterocycles. The van der Waals surface area contributed by atoms with Crippen LogP contribution in [-0.4, -0.2) is 37.2 Å². The van der Waals surface area contributed by atoms with E-state index in [4.69, 9.17) is 4.99 Å². The largest absolute Gasteiger partial charge is 0.481 e. The maximum atomic E-state index is 13.7. The van der Waals surface area contributed by atoms with Crippen LogP contribution in [0.3, 0.4) is 0 Å². The highest BCUT2D eigenvalue weighted by Gasteiger charge is 2.46. The number of carboxylic acid groups (broad SMARTS) is 1. The molecule has 3 heterocycles. The summed E-state index contributed by atoms with van der Waals surface area (Å²) in [5, 5.41) is 11.2. The number of hydrogen-bond acceptors (Lipinski definition) is 5. The molecule has 3 fully saturated rings. The zero-order valence-corrected chi connectivity index (χ0v) is 17.8. The highest BCUT2D eigenvalue weighted by atomic mass is 19.1. The van der Waals surface area contributed by atoms with Crippen molar-refractivity contribution in [2.45, 2.75) is 25.7 Å². The van der Waals surface area contributed by atoms with E-state index in [-0.39, 0.29) is 17.8 Å². The van der Waals surface area contributed by atoms with Gasteiger partial charge in [-0.3, -0.25) is 9.79 Å². The summed E-state index contributed by atoms with van der Waals surface area (Å²) >= 11 is 0. The number of aliphatic carboxylic acids is 1. The van der Waals surface area contributed by atoms with Gasteiger partial charge in [-0.05, 0) is 55.7 Å². The van der Waals surface area contributed by atoms with Crippen molar-refractivity contribution in [2.24, 2.45) is 28.7 Å². The molecule has 4 aromatic rings. The van der Waals surface area contributed by atoms with Crippen LogP contribution in [0.4, 0.5) is 10.1 Å². The predicted octanol–water partition coefficient (Wildman–Crippen LogP) is 5.15. The van der Waals surface area contributed by atoms with Crippen LogP contribution in [0.15, 0.2) is 47.8 Å². The predicted molar refractivity (Wildman–Crippen MR) is 123 cm³/mol. The summed E-state index contributed by atoms with van der Waals surface area (Å²) in [5.74, 6) is -0.425. The van der Waals surface area contributed by atoms with E-state index >= 15 is 0 Å². The Balaban J connectivity index is 1.36. The number of hydrogen-bond donors (Lipinski definition) is 2. The molecule has 0 amide bonds. The fraction of sp³-hybridized carbons (Fsp3) is 0.320. The smallest absolute Gasteiger partial charge is 0.307 e. The van der Waals surface area contributed by atoms with E-state index in [2.05, 4.69) is 19.9 Å². The van der Waals surface area contributed by atoms with Crippen molar-refractivity contribution in [2.75, 3.05) is 0 Å². The number of aromatic amines is 1. The standard InChI is InChI=1S/C25H22FN5O2/c26-15-8-16-18(11-29-23(16)28-9-15)24-30-12-19-20(2-1-3-21(19)31-24)27-10-17-13-4-6-14(7-5-13)22(17)25(32)33/h1-3,8-14,17,22H,4-7H2,(H,28,29)(H,32,33)/b27-10-/t13?,14?,17?,22-/m0/s1. The van der Waals surface area contributed by atoms with Gasteiger partial charge in [-0.1, -0.05) is 6.07 Å². The van der Waals surface area contributed by atoms with Crippen LogP contribution in [0.2, 0.25) is 0 Å². The van der Waals surface area contributed by atoms with E-state index in [9.17, 15) is 14.3 Å². The van der Waals surface area contributed by atoms with Crippen LogP contribution < -0.4 is 0 Å². The number of halogens is 1. The topological polar surface area (TPSA) is 104 Å². The molecule has 166 valence electrons. The number of carboxylic acids is 1. The normalized spacial score (nSPS) is 24.8. The first-order valence-corrected chi connectivity index (χ1v) is 11.2. The van der Waals surface area contributed by atoms with E-state index in [0.717, 1.165) is 36.8 Å². The molecule has 7 rings (SSSR count). The summed E-state index contributed by atoms with van der Waals surface area (Å²) in [6.45, 7) is 0. The van der Waals surface area contributed by atoms with Gasteiger partial charge in [0.1, 0.15) is 11.5 Å². The molecule has 1 unspecified atom stereocenters. The number of nitrogens with zero attached hydrogens (tertiary/aromatic N) is 4. The first kappa shape index (κ1) is 20.0. The molecule has 3 saturated carbocycles. The SMILES string of the molecule is O=C(O)[C@H]1C2CCC(CC2)C1/C=N\c1cccc2nc(-c3c[nH]c4ncc(F)cc34)ncc12. The number of fused-ring (bicyclic) bond motifs is 5. The van der Waals surface area contributed by atoms with Crippen molar-refractivity contribution < 1.29 is 14.3 Å². The number of aliphatic imine (C=N–C) groups is 1. The Morgan fingerprint density at radius 2 is 1.94 bits per heavy atom. The van der Waals surface area contributed by atoms with Gasteiger partial charge in [-0.2, -0.15) is 0 Å². The minimum absolute atomic E-state index is 0.0425. The van der Waals surface area contributed by atoms with E-state index in [1.165, 1.54) is 12.3 Å². The molecule has 8 heteroatoms. The number of benzene rings is 1. The van der Waals surface area contributed by atoms with E-state index in [1.807, 2.05) is 24.4 Å². The second-order valence-corrected chi connectivity index (χ2v) is 9.05. The van der Waals surface area contributed by atoms with Crippen molar-refractivity contribution in [1.29, 1.82) is 0 Å². The Labute approximate surface area is 188 Å². The molecule has 33 heavy (non-hydrogen) atoms. The van der Waals surface area contributed by atoms with Crippen LogP contribution in [0, 0.1) is 29.5 Å². The van der Waals surface area contributed by atoms with E-state index in [1.54, 1.807) is 12.4 Å². The van der Waals surface area contributed by atoms with Gasteiger partial charge >= 0.3 is 5.97 Å². The maximum absolute atomic E-state index is 13.7. The summed E-state index contributed by atoms with van der Waals surface area (Å²) in [5.41, 5.74) is 2.68. The Hall–Kier alpha value is -3.68. The molecule has 3 aliphatic carbocycles. The Kier molecular flexibility index (Phi) is 4.67. The van der Waals surface area contributed by atoms with Crippen LogP contribution >= 0.6 is 0 Å². The lowest BCUT2D eigenvalue weighted by atomic mass is 9.59. The van der Waals surface area contributed by atoms with Crippen molar-refractivity contribution in [3.8, 4) is 11.4 Å². The maximum Gasteiger partial charge on any atom is 0.307 e. The van der Waals surface area contributed by atoms with E-state index in [0.29, 0.717) is 33.9 Å². The summed E-state index contributed by atoms with van der Waals surface area (Å²) in [6, 6.07) is 7.07. The highest BCUT2D eigenvalue weighted by Crippen LogP contribution is 2.48. The molecule has 1 aromatic carbocycles. The summed E-state index contributed by atoms with van der Waals surface area (Å²) in [4.78, 5) is 32.9. The molecule has 7 nitrogen and oxygen atoms in total. The fourth-order valence-corrected chi connectivity index (χ4v) is 5.69. The third-order valence-electron chi connectivity index (χ3n) is 7.30. The first-order valence-electron chi connectivity index (χ1n) is 11.2. The highest BCUT2D eigenvalue weighted by molar-refractivity contribution is 5.95. The molecule has 2 N–H and O–H groups in total. The van der Waals surface area contributed by atoms with Gasteiger partial charge in [0.25, 0.3) is 0 Å². The quantitative estimate of drug-likeness (QED) is 0.425. The molecule has 2 bridgehead atoms. The van der Waals surface area contributed by atoms with Crippen molar-refractivity contribution >= 4 is 39.8 Å². The average Bonchev–Trinajstić information content (AvgIpc) is 3.25. The number of aromatic nitrogens is 4. The third-order valence-corrected chi connectivity index (χ3v) is 7.30. The number of rotatable bonds is 4. The summed E-state index contributed by atoms with van der Waals surface area (Å²) < 4.78 is 13.7. The van der Waals surface area contributed by atoms with Gasteiger partial charge in [0.2, 0.25) is 0 Å². The molecule has 0 aliphatic heterocycles. The van der Waals surface area contributed by atoms with Crippen molar-refractivity contribution in [1.82, 2.24) is 19.9 Å². The molecular weight excluding hydrogens is 421 g/mol. The van der Waals surface area contributed by atoms with Gasteiger partial charge in [-0.25, -0.2) is 19.3 Å². The summed E-state index contributed by atoms with van der Waals surface area (Å²) in [6.07, 6.45) is 10.6. The van der Waals surface area contributed by atoms with Crippen LogP contribution in [-0.2, 0) is 4.79 Å². The molecule has 0 radical (unpaired) electrons. The van der Waals surface area contributed by atoms with Gasteiger partial charge in [0.15, 0.2) is 5.82 Å². The lowest BCUT2D eigenvalue weighted by Crippen LogP contribution is -2.44. The average molecular weight is 443 g/mol. The van der Waals surface area contributed by atoms with Gasteiger partial charge in [-0.15, -0.1) is 0 Å². The van der Waals surface area contributed by atoms with Gasteiger partial charge < -0.3 is 10.1 Å². The second-order valence-electron chi connectivity index (χ2n) is 9.05. The Morgan fingerprint density at radius 1 is 1.12 bits per heavy atom. The van der Waals surface area contributed by atoms with Crippen molar-refractivity contribution in [3.05, 3.63) is 48.7 Å². The van der Waals surface area contributed by atoms with Crippen LogP contribution in [0.5, 0.6) is 0 Å². The lowest BCUT2D eigenvalue weighted by molar-refractivity contribution is -0.149. The third kappa shape index (κ3) is 3.37. The minimum atomic E-state index is -0.712. The summed E-state index contributed by atoms with van der Waals surface area (Å²) in [7, 11) is 0.